The van der Waals surface area contributed by atoms with E-state index in [1.165, 1.54) is 0 Å². The lowest BCUT2D eigenvalue weighted by atomic mass is 10.2. The molecule has 1 rings (SSSR count). The Labute approximate surface area is 79.4 Å². The second-order valence-corrected chi connectivity index (χ2v) is 3.19. The molecule has 0 saturated carbocycles. The number of amides is 1. The number of allylic oxidation sites excluding steroid dienone is 1. The van der Waals surface area contributed by atoms with Crippen LogP contribution in [0, 0.1) is 0 Å². The van der Waals surface area contributed by atoms with Gasteiger partial charge in [0.1, 0.15) is 0 Å². The van der Waals surface area contributed by atoms with E-state index in [1.54, 1.807) is 12.2 Å². The molecule has 1 aliphatic rings. The third-order valence-corrected chi connectivity index (χ3v) is 2.22. The topological polar surface area (TPSA) is 29.5 Å². The van der Waals surface area contributed by atoms with E-state index in [-0.39, 0.29) is 12.0 Å². The normalized spacial score (nSPS) is 23.8. The van der Waals surface area contributed by atoms with Gasteiger partial charge in [0.05, 0.1) is 12.7 Å². The maximum absolute atomic E-state index is 11.4. The van der Waals surface area contributed by atoms with Crippen molar-refractivity contribution in [3.63, 3.8) is 0 Å². The molecule has 1 atom stereocenters. The summed E-state index contributed by atoms with van der Waals surface area (Å²) in [6.45, 7) is 6.06. The maximum atomic E-state index is 11.4. The Hall–Kier alpha value is -0.830. The fourth-order valence-electron chi connectivity index (χ4n) is 1.41. The van der Waals surface area contributed by atoms with Gasteiger partial charge in [-0.25, -0.2) is 0 Å². The van der Waals surface area contributed by atoms with E-state index >= 15 is 0 Å². The highest BCUT2D eigenvalue weighted by Crippen LogP contribution is 2.08. The van der Waals surface area contributed by atoms with Crippen molar-refractivity contribution >= 4 is 5.91 Å². The van der Waals surface area contributed by atoms with E-state index in [2.05, 4.69) is 6.92 Å². The zero-order chi connectivity index (χ0) is 9.68. The number of rotatable bonds is 2. The Morgan fingerprint density at radius 2 is 2.46 bits per heavy atom. The van der Waals surface area contributed by atoms with E-state index < -0.39 is 0 Å². The Balaban J connectivity index is 2.46. The van der Waals surface area contributed by atoms with Crippen molar-refractivity contribution in [2.75, 3.05) is 19.7 Å². The Bertz CT molecular complexity index is 201. The fraction of sp³-hybridized carbons (Fsp3) is 0.700. The van der Waals surface area contributed by atoms with Crippen molar-refractivity contribution in [1.82, 2.24) is 4.90 Å². The van der Waals surface area contributed by atoms with E-state index in [4.69, 9.17) is 4.74 Å². The van der Waals surface area contributed by atoms with Crippen molar-refractivity contribution in [2.45, 2.75) is 26.4 Å². The fourth-order valence-corrected chi connectivity index (χ4v) is 1.41. The third kappa shape index (κ3) is 2.84. The minimum atomic E-state index is 0.101. The smallest absolute Gasteiger partial charge is 0.246 e. The molecule has 3 nitrogen and oxygen atoms in total. The standard InChI is InChI=1S/C10H17NO2/c1-3-5-10(12)11-6-7-13-9(4-2)8-11/h3,5,9H,4,6-8H2,1-2H3. The van der Waals surface area contributed by atoms with Gasteiger partial charge in [-0.2, -0.15) is 0 Å². The molecular formula is C10H17NO2. The molecule has 13 heavy (non-hydrogen) atoms. The van der Waals surface area contributed by atoms with Crippen molar-refractivity contribution in [3.8, 4) is 0 Å². The van der Waals surface area contributed by atoms with Gasteiger partial charge in [0.25, 0.3) is 0 Å². The number of carbonyl (C=O) groups is 1. The first-order valence-corrected chi connectivity index (χ1v) is 4.81. The second kappa shape index (κ2) is 5.02. The lowest BCUT2D eigenvalue weighted by Crippen LogP contribution is -2.44. The number of hydrogen-bond acceptors (Lipinski definition) is 2. The molecule has 0 radical (unpaired) electrons. The molecule has 74 valence electrons. The highest BCUT2D eigenvalue weighted by Gasteiger charge is 2.20. The van der Waals surface area contributed by atoms with Crippen LogP contribution in [0.4, 0.5) is 0 Å². The van der Waals surface area contributed by atoms with Gasteiger partial charge >= 0.3 is 0 Å². The van der Waals surface area contributed by atoms with Crippen LogP contribution in [0.15, 0.2) is 12.2 Å². The maximum Gasteiger partial charge on any atom is 0.246 e. The Morgan fingerprint density at radius 1 is 1.69 bits per heavy atom. The van der Waals surface area contributed by atoms with Crippen LogP contribution in [0.2, 0.25) is 0 Å². The van der Waals surface area contributed by atoms with Crippen LogP contribution >= 0.6 is 0 Å². The molecule has 1 amide bonds. The van der Waals surface area contributed by atoms with Crippen LogP contribution in [0.25, 0.3) is 0 Å². The molecule has 1 aliphatic heterocycles. The molecule has 1 unspecified atom stereocenters. The van der Waals surface area contributed by atoms with E-state index in [1.807, 2.05) is 11.8 Å². The van der Waals surface area contributed by atoms with Gasteiger partial charge in [-0.15, -0.1) is 0 Å². The summed E-state index contributed by atoms with van der Waals surface area (Å²) in [5, 5.41) is 0. The molecule has 0 aromatic heterocycles. The number of nitrogens with zero attached hydrogens (tertiary/aromatic N) is 1. The zero-order valence-corrected chi connectivity index (χ0v) is 8.32. The van der Waals surface area contributed by atoms with Gasteiger partial charge < -0.3 is 9.64 Å². The average molecular weight is 183 g/mol. The average Bonchev–Trinajstić information content (AvgIpc) is 2.18. The first kappa shape index (κ1) is 10.3. The van der Waals surface area contributed by atoms with Gasteiger partial charge in [0, 0.05) is 13.1 Å². The van der Waals surface area contributed by atoms with Crippen LogP contribution in [-0.2, 0) is 9.53 Å². The largest absolute Gasteiger partial charge is 0.375 e. The minimum absolute atomic E-state index is 0.101. The predicted octanol–water partition coefficient (Wildman–Crippen LogP) is 1.20. The van der Waals surface area contributed by atoms with Crippen LogP contribution < -0.4 is 0 Å². The molecule has 1 saturated heterocycles. The predicted molar refractivity (Wildman–Crippen MR) is 51.4 cm³/mol. The summed E-state index contributed by atoms with van der Waals surface area (Å²) in [6.07, 6.45) is 4.58. The SMILES string of the molecule is CC=CC(=O)N1CCOC(CC)C1. The van der Waals surface area contributed by atoms with E-state index in [0.29, 0.717) is 6.61 Å². The first-order chi connectivity index (χ1) is 6.27. The lowest BCUT2D eigenvalue weighted by Gasteiger charge is -2.31. The Kier molecular flexibility index (Phi) is 3.96. The molecule has 0 spiro atoms. The van der Waals surface area contributed by atoms with Crippen molar-refractivity contribution in [3.05, 3.63) is 12.2 Å². The number of ether oxygens (including phenoxy) is 1. The highest BCUT2D eigenvalue weighted by atomic mass is 16.5. The summed E-state index contributed by atoms with van der Waals surface area (Å²) in [4.78, 5) is 13.3. The second-order valence-electron chi connectivity index (χ2n) is 3.19. The number of hydrogen-bond donors (Lipinski definition) is 0. The van der Waals surface area contributed by atoms with Crippen LogP contribution in [0.5, 0.6) is 0 Å². The van der Waals surface area contributed by atoms with Gasteiger partial charge in [-0.1, -0.05) is 13.0 Å². The van der Waals surface area contributed by atoms with Gasteiger partial charge in [0.15, 0.2) is 0 Å². The molecular weight excluding hydrogens is 166 g/mol. The van der Waals surface area contributed by atoms with E-state index in [9.17, 15) is 4.79 Å². The summed E-state index contributed by atoms with van der Waals surface area (Å²) in [7, 11) is 0. The van der Waals surface area contributed by atoms with Crippen molar-refractivity contribution < 1.29 is 9.53 Å². The van der Waals surface area contributed by atoms with Crippen LogP contribution in [0.3, 0.4) is 0 Å². The number of morpholine rings is 1. The monoisotopic (exact) mass is 183 g/mol. The molecule has 3 heteroatoms. The zero-order valence-electron chi connectivity index (χ0n) is 8.32. The minimum Gasteiger partial charge on any atom is -0.375 e. The van der Waals surface area contributed by atoms with Crippen LogP contribution in [0.1, 0.15) is 20.3 Å². The van der Waals surface area contributed by atoms with Gasteiger partial charge in [-0.3, -0.25) is 4.79 Å². The molecule has 1 fully saturated rings. The van der Waals surface area contributed by atoms with E-state index in [0.717, 1.165) is 19.5 Å². The summed E-state index contributed by atoms with van der Waals surface area (Å²) in [5.74, 6) is 0.101. The molecule has 0 N–H and O–H groups in total. The van der Waals surface area contributed by atoms with Gasteiger partial charge in [0.2, 0.25) is 5.91 Å². The number of carbonyl (C=O) groups excluding carboxylic acids is 1. The third-order valence-electron chi connectivity index (χ3n) is 2.22. The highest BCUT2D eigenvalue weighted by molar-refractivity contribution is 5.87. The summed E-state index contributed by atoms with van der Waals surface area (Å²) >= 11 is 0. The molecule has 0 aliphatic carbocycles. The Morgan fingerprint density at radius 3 is 3.08 bits per heavy atom. The summed E-state index contributed by atoms with van der Waals surface area (Å²) < 4.78 is 5.47. The van der Waals surface area contributed by atoms with Gasteiger partial charge in [-0.05, 0) is 19.4 Å². The molecule has 0 aromatic carbocycles. The summed E-state index contributed by atoms with van der Waals surface area (Å²) in [6, 6.07) is 0. The molecule has 0 bridgehead atoms. The van der Waals surface area contributed by atoms with Crippen molar-refractivity contribution in [2.24, 2.45) is 0 Å². The quantitative estimate of drug-likeness (QED) is 0.602. The first-order valence-electron chi connectivity index (χ1n) is 4.81. The van der Waals surface area contributed by atoms with Crippen molar-refractivity contribution in [1.29, 1.82) is 0 Å². The molecule has 0 aromatic rings. The summed E-state index contributed by atoms with van der Waals surface area (Å²) in [5.41, 5.74) is 0. The lowest BCUT2D eigenvalue weighted by molar-refractivity contribution is -0.133. The van der Waals surface area contributed by atoms with Crippen LogP contribution in [-0.4, -0.2) is 36.6 Å². The molecule has 1 heterocycles.